The Bertz CT molecular complexity index is 923. The molecule has 24 heavy (non-hydrogen) atoms. The maximum absolute atomic E-state index is 9.58. The predicted molar refractivity (Wildman–Crippen MR) is 91.0 cm³/mol. The number of allylic oxidation sites excluding steroid dienone is 1. The Morgan fingerprint density at radius 1 is 1.12 bits per heavy atom. The number of rotatable bonds is 1. The molecule has 0 saturated carbocycles. The Morgan fingerprint density at radius 2 is 1.88 bits per heavy atom. The van der Waals surface area contributed by atoms with Crippen molar-refractivity contribution in [2.45, 2.75) is 5.92 Å². The molecule has 4 nitrogen and oxygen atoms in total. The van der Waals surface area contributed by atoms with Crippen molar-refractivity contribution in [2.24, 2.45) is 5.73 Å². The second-order valence-electron chi connectivity index (χ2n) is 5.62. The van der Waals surface area contributed by atoms with Gasteiger partial charge in [-0.3, -0.25) is 0 Å². The molecular weight excluding hydrogens is 324 g/mol. The van der Waals surface area contributed by atoms with Gasteiger partial charge in [0.05, 0.1) is 11.5 Å². The Hall–Kier alpha value is -2.90. The maximum atomic E-state index is 9.58. The van der Waals surface area contributed by atoms with Gasteiger partial charge in [-0.2, -0.15) is 5.26 Å². The lowest BCUT2D eigenvalue weighted by atomic mass is 9.81. The van der Waals surface area contributed by atoms with Crippen LogP contribution >= 0.6 is 11.6 Å². The third-order valence-electron chi connectivity index (χ3n) is 4.24. The zero-order valence-corrected chi connectivity index (χ0v) is 13.4. The number of hydrogen-bond acceptors (Lipinski definition) is 4. The van der Waals surface area contributed by atoms with Crippen molar-refractivity contribution < 1.29 is 9.47 Å². The largest absolute Gasteiger partial charge is 0.488 e. The second-order valence-corrected chi connectivity index (χ2v) is 6.05. The van der Waals surface area contributed by atoms with Crippen LogP contribution in [0, 0.1) is 11.3 Å². The topological polar surface area (TPSA) is 68.3 Å². The van der Waals surface area contributed by atoms with Crippen LogP contribution in [0.5, 0.6) is 5.75 Å². The average Bonchev–Trinajstić information content (AvgIpc) is 2.61. The minimum atomic E-state index is -0.302. The van der Waals surface area contributed by atoms with Gasteiger partial charge in [0.15, 0.2) is 0 Å². The molecule has 2 aliphatic rings. The molecule has 2 aliphatic heterocycles. The van der Waals surface area contributed by atoms with Crippen LogP contribution in [-0.2, 0) is 4.74 Å². The molecule has 0 aromatic heterocycles. The molecule has 2 N–H and O–H groups in total. The first-order chi connectivity index (χ1) is 11.7. The van der Waals surface area contributed by atoms with E-state index in [9.17, 15) is 5.26 Å². The number of para-hydroxylation sites is 1. The highest BCUT2D eigenvalue weighted by Gasteiger charge is 2.36. The lowest BCUT2D eigenvalue weighted by Gasteiger charge is -2.32. The lowest BCUT2D eigenvalue weighted by molar-refractivity contribution is 0.294. The van der Waals surface area contributed by atoms with Crippen LogP contribution in [0.15, 0.2) is 65.6 Å². The first-order valence-electron chi connectivity index (χ1n) is 7.47. The van der Waals surface area contributed by atoms with Gasteiger partial charge in [0.2, 0.25) is 5.88 Å². The summed E-state index contributed by atoms with van der Waals surface area (Å²) in [5.41, 5.74) is 9.10. The number of ether oxygens (including phenoxy) is 2. The molecule has 5 heteroatoms. The first kappa shape index (κ1) is 14.7. The normalized spacial score (nSPS) is 18.9. The Kier molecular flexibility index (Phi) is 3.44. The van der Waals surface area contributed by atoms with Crippen LogP contribution in [0.3, 0.4) is 0 Å². The standard InChI is InChI=1S/C19H13ClN2O2/c20-12-7-5-11(6-8-12)17-14(9-21)19(22)24-18-13-3-1-2-4-16(13)23-10-15(17)18/h1-8,17H,10,22H2. The molecule has 0 fully saturated rings. The van der Waals surface area contributed by atoms with Gasteiger partial charge in [-0.05, 0) is 29.8 Å². The highest BCUT2D eigenvalue weighted by molar-refractivity contribution is 6.30. The van der Waals surface area contributed by atoms with E-state index >= 15 is 0 Å². The third-order valence-corrected chi connectivity index (χ3v) is 4.50. The van der Waals surface area contributed by atoms with Crippen LogP contribution < -0.4 is 10.5 Å². The van der Waals surface area contributed by atoms with Crippen molar-refractivity contribution in [3.05, 3.63) is 81.7 Å². The number of fused-ring (bicyclic) bond motifs is 2. The number of nitrogens with two attached hydrogens (primary N) is 1. The molecule has 0 spiro atoms. The number of halogens is 1. The fourth-order valence-electron chi connectivity index (χ4n) is 3.13. The zero-order valence-electron chi connectivity index (χ0n) is 12.6. The monoisotopic (exact) mass is 336 g/mol. The first-order valence-corrected chi connectivity index (χ1v) is 7.85. The van der Waals surface area contributed by atoms with Crippen molar-refractivity contribution in [2.75, 3.05) is 6.61 Å². The number of nitrogens with zero attached hydrogens (tertiary/aromatic N) is 1. The summed E-state index contributed by atoms with van der Waals surface area (Å²) < 4.78 is 11.7. The fraction of sp³-hybridized carbons (Fsp3) is 0.105. The quantitative estimate of drug-likeness (QED) is 0.856. The van der Waals surface area contributed by atoms with Gasteiger partial charge < -0.3 is 15.2 Å². The van der Waals surface area contributed by atoms with Crippen molar-refractivity contribution in [3.8, 4) is 11.8 Å². The van der Waals surface area contributed by atoms with Gasteiger partial charge in [-0.25, -0.2) is 0 Å². The molecule has 2 aromatic carbocycles. The number of hydrogen-bond donors (Lipinski definition) is 1. The molecule has 4 rings (SSSR count). The van der Waals surface area contributed by atoms with Gasteiger partial charge >= 0.3 is 0 Å². The van der Waals surface area contributed by atoms with E-state index in [1.54, 1.807) is 12.1 Å². The van der Waals surface area contributed by atoms with Crippen LogP contribution in [0.2, 0.25) is 5.02 Å². The van der Waals surface area contributed by atoms with Gasteiger partial charge in [0.25, 0.3) is 0 Å². The minimum Gasteiger partial charge on any atom is -0.488 e. The van der Waals surface area contributed by atoms with Crippen molar-refractivity contribution in [3.63, 3.8) is 0 Å². The van der Waals surface area contributed by atoms with E-state index in [-0.39, 0.29) is 11.8 Å². The molecular formula is C19H13ClN2O2. The highest BCUT2D eigenvalue weighted by Crippen LogP contribution is 2.46. The summed E-state index contributed by atoms with van der Waals surface area (Å²) in [5, 5.41) is 10.2. The second kappa shape index (κ2) is 5.63. The predicted octanol–water partition coefficient (Wildman–Crippen LogP) is 3.95. The third kappa shape index (κ3) is 2.22. The molecule has 0 amide bonds. The molecule has 1 atom stereocenters. The Balaban J connectivity index is 1.91. The lowest BCUT2D eigenvalue weighted by Crippen LogP contribution is -2.26. The molecule has 2 heterocycles. The van der Waals surface area contributed by atoms with Gasteiger partial charge in [0, 0.05) is 10.6 Å². The van der Waals surface area contributed by atoms with Gasteiger partial charge in [-0.15, -0.1) is 0 Å². The number of nitriles is 1. The fourth-order valence-corrected chi connectivity index (χ4v) is 3.26. The minimum absolute atomic E-state index is 0.132. The summed E-state index contributed by atoms with van der Waals surface area (Å²) in [6.45, 7) is 0.345. The molecule has 0 saturated heterocycles. The van der Waals surface area contributed by atoms with E-state index in [0.29, 0.717) is 23.0 Å². The van der Waals surface area contributed by atoms with E-state index in [0.717, 1.165) is 22.4 Å². The zero-order chi connectivity index (χ0) is 16.7. The van der Waals surface area contributed by atoms with Crippen LogP contribution in [-0.4, -0.2) is 6.61 Å². The number of benzene rings is 2. The van der Waals surface area contributed by atoms with Gasteiger partial charge in [0.1, 0.15) is 29.8 Å². The molecule has 0 aliphatic carbocycles. The molecule has 0 radical (unpaired) electrons. The van der Waals surface area contributed by atoms with Crippen LogP contribution in [0.1, 0.15) is 17.0 Å². The molecule has 1 unspecified atom stereocenters. The molecule has 2 aromatic rings. The summed E-state index contributed by atoms with van der Waals surface area (Å²) in [6.07, 6.45) is 0. The van der Waals surface area contributed by atoms with E-state index in [1.165, 1.54) is 0 Å². The summed E-state index contributed by atoms with van der Waals surface area (Å²) in [7, 11) is 0. The molecule has 0 bridgehead atoms. The Labute approximate surface area is 144 Å². The maximum Gasteiger partial charge on any atom is 0.205 e. The van der Waals surface area contributed by atoms with E-state index in [2.05, 4.69) is 6.07 Å². The van der Waals surface area contributed by atoms with Crippen molar-refractivity contribution >= 4 is 17.4 Å². The van der Waals surface area contributed by atoms with E-state index in [1.807, 2.05) is 36.4 Å². The van der Waals surface area contributed by atoms with E-state index in [4.69, 9.17) is 26.8 Å². The summed E-state index contributed by atoms with van der Waals surface area (Å²) in [4.78, 5) is 0. The summed E-state index contributed by atoms with van der Waals surface area (Å²) in [6, 6.07) is 17.2. The SMILES string of the molecule is N#CC1=C(N)OC2=C(COc3ccccc32)C1c1ccc(Cl)cc1. The average molecular weight is 337 g/mol. The smallest absolute Gasteiger partial charge is 0.205 e. The van der Waals surface area contributed by atoms with E-state index < -0.39 is 0 Å². The highest BCUT2D eigenvalue weighted by atomic mass is 35.5. The Morgan fingerprint density at radius 3 is 2.62 bits per heavy atom. The van der Waals surface area contributed by atoms with Gasteiger partial charge in [-0.1, -0.05) is 35.9 Å². The van der Waals surface area contributed by atoms with Crippen LogP contribution in [0.4, 0.5) is 0 Å². The summed E-state index contributed by atoms with van der Waals surface area (Å²) >= 11 is 5.99. The summed E-state index contributed by atoms with van der Waals surface area (Å²) in [5.74, 6) is 1.25. The van der Waals surface area contributed by atoms with Crippen LogP contribution in [0.25, 0.3) is 5.76 Å². The molecule has 118 valence electrons. The van der Waals surface area contributed by atoms with Crippen molar-refractivity contribution in [1.82, 2.24) is 0 Å². The van der Waals surface area contributed by atoms with Crippen molar-refractivity contribution in [1.29, 1.82) is 5.26 Å².